The molecule has 0 bridgehead atoms. The summed E-state index contributed by atoms with van der Waals surface area (Å²) in [5.74, 6) is 0.384. The van der Waals surface area contributed by atoms with Gasteiger partial charge in [0.05, 0.1) is 13.2 Å². The molecule has 2 aromatic carbocycles. The maximum absolute atomic E-state index is 13.1. The van der Waals surface area contributed by atoms with Gasteiger partial charge in [0, 0.05) is 21.4 Å². The fraction of sp³-hybridized carbons (Fsp3) is 0.250. The van der Waals surface area contributed by atoms with Crippen molar-refractivity contribution in [2.24, 2.45) is 0 Å². The number of ether oxygens (including phenoxy) is 1. The van der Waals surface area contributed by atoms with Gasteiger partial charge in [0.25, 0.3) is 0 Å². The highest BCUT2D eigenvalue weighted by Gasteiger charge is 2.14. The minimum Gasteiger partial charge on any atom is -0.496 e. The predicted molar refractivity (Wildman–Crippen MR) is 90.3 cm³/mol. The first-order chi connectivity index (χ1) is 10.0. The van der Waals surface area contributed by atoms with Crippen LogP contribution in [0.25, 0.3) is 0 Å². The first-order valence-corrected chi connectivity index (χ1v) is 7.60. The third kappa shape index (κ3) is 4.07. The molecule has 1 unspecified atom stereocenters. The summed E-state index contributed by atoms with van der Waals surface area (Å²) < 4.78 is 19.1. The lowest BCUT2D eigenvalue weighted by atomic mass is 10.1. The van der Waals surface area contributed by atoms with E-state index in [1.807, 2.05) is 25.1 Å². The van der Waals surface area contributed by atoms with E-state index in [1.165, 1.54) is 12.1 Å². The van der Waals surface area contributed by atoms with Crippen molar-refractivity contribution in [1.29, 1.82) is 0 Å². The number of nitrogens with one attached hydrogen (secondary N) is 1. The molecule has 5 heteroatoms. The molecule has 0 radical (unpaired) electrons. The van der Waals surface area contributed by atoms with E-state index in [4.69, 9.17) is 4.74 Å². The van der Waals surface area contributed by atoms with E-state index in [1.54, 1.807) is 13.2 Å². The van der Waals surface area contributed by atoms with Gasteiger partial charge in [-0.05, 0) is 59.8 Å². The normalized spacial score (nSPS) is 12.0. The largest absolute Gasteiger partial charge is 0.496 e. The van der Waals surface area contributed by atoms with Crippen molar-refractivity contribution in [3.8, 4) is 5.75 Å². The first kappa shape index (κ1) is 16.0. The highest BCUT2D eigenvalue weighted by atomic mass is 127. The molecule has 2 aromatic rings. The summed E-state index contributed by atoms with van der Waals surface area (Å²) in [5, 5.41) is 13.5. The smallest absolute Gasteiger partial charge is 0.124 e. The highest BCUT2D eigenvalue weighted by Crippen LogP contribution is 2.27. The molecule has 3 nitrogen and oxygen atoms in total. The van der Waals surface area contributed by atoms with Crippen LogP contribution in [-0.4, -0.2) is 18.8 Å². The molecule has 0 aliphatic heterocycles. The number of aryl methyl sites for hydroxylation is 1. The molecule has 1 atom stereocenters. The second-order valence-electron chi connectivity index (χ2n) is 4.77. The Morgan fingerprint density at radius 3 is 2.71 bits per heavy atom. The Labute approximate surface area is 137 Å². The zero-order valence-electron chi connectivity index (χ0n) is 11.9. The van der Waals surface area contributed by atoms with E-state index in [9.17, 15) is 9.50 Å². The van der Waals surface area contributed by atoms with Crippen molar-refractivity contribution in [2.45, 2.75) is 13.0 Å². The quantitative estimate of drug-likeness (QED) is 0.748. The zero-order valence-corrected chi connectivity index (χ0v) is 14.0. The van der Waals surface area contributed by atoms with Crippen LogP contribution in [0.4, 0.5) is 10.1 Å². The Morgan fingerprint density at radius 1 is 1.29 bits per heavy atom. The summed E-state index contributed by atoms with van der Waals surface area (Å²) in [7, 11) is 1.58. The molecule has 0 aromatic heterocycles. The van der Waals surface area contributed by atoms with Crippen molar-refractivity contribution >= 4 is 28.3 Å². The highest BCUT2D eigenvalue weighted by molar-refractivity contribution is 14.1. The van der Waals surface area contributed by atoms with Gasteiger partial charge in [-0.3, -0.25) is 0 Å². The molecule has 2 rings (SSSR count). The van der Waals surface area contributed by atoms with Gasteiger partial charge in [0.2, 0.25) is 0 Å². The second-order valence-corrected chi connectivity index (χ2v) is 5.93. The van der Waals surface area contributed by atoms with E-state index in [0.717, 1.165) is 20.4 Å². The van der Waals surface area contributed by atoms with Crippen LogP contribution in [0.3, 0.4) is 0 Å². The number of halogens is 2. The minimum atomic E-state index is -0.708. The first-order valence-electron chi connectivity index (χ1n) is 6.53. The fourth-order valence-corrected chi connectivity index (χ4v) is 2.73. The summed E-state index contributed by atoms with van der Waals surface area (Å²) in [4.78, 5) is 0. The molecular formula is C16H17FINO2. The lowest BCUT2D eigenvalue weighted by Crippen LogP contribution is -2.14. The molecule has 0 spiro atoms. The van der Waals surface area contributed by atoms with Crippen molar-refractivity contribution < 1.29 is 14.2 Å². The van der Waals surface area contributed by atoms with Crippen molar-refractivity contribution in [3.63, 3.8) is 0 Å². The van der Waals surface area contributed by atoms with Gasteiger partial charge < -0.3 is 15.2 Å². The predicted octanol–water partition coefficient (Wildman–Crippen LogP) is 3.89. The molecular weight excluding hydrogens is 384 g/mol. The number of methoxy groups -OCH3 is 1. The molecule has 0 aliphatic rings. The van der Waals surface area contributed by atoms with Crippen LogP contribution < -0.4 is 10.1 Å². The molecule has 0 saturated heterocycles. The molecule has 0 saturated carbocycles. The van der Waals surface area contributed by atoms with Crippen LogP contribution in [0, 0.1) is 16.3 Å². The van der Waals surface area contributed by atoms with Crippen LogP contribution in [-0.2, 0) is 0 Å². The Morgan fingerprint density at radius 2 is 2.05 bits per heavy atom. The standard InChI is InChI=1S/C16H17FINO2/c1-10-3-6-16(21-2)12(7-10)15(20)9-19-14-5-4-11(17)8-13(14)18/h3-8,15,19-20H,9H2,1-2H3. The summed E-state index contributed by atoms with van der Waals surface area (Å²) in [6.45, 7) is 2.29. The third-order valence-corrected chi connectivity index (χ3v) is 4.05. The summed E-state index contributed by atoms with van der Waals surface area (Å²) in [6, 6.07) is 10.2. The Balaban J connectivity index is 2.11. The van der Waals surface area contributed by atoms with Gasteiger partial charge in [-0.1, -0.05) is 11.6 Å². The fourth-order valence-electron chi connectivity index (χ4n) is 2.06. The average Bonchev–Trinajstić information content (AvgIpc) is 2.46. The van der Waals surface area contributed by atoms with Crippen LogP contribution in [0.2, 0.25) is 0 Å². The summed E-state index contributed by atoms with van der Waals surface area (Å²) in [6.07, 6.45) is -0.708. The van der Waals surface area contributed by atoms with E-state index in [0.29, 0.717) is 12.3 Å². The van der Waals surface area contributed by atoms with E-state index in [-0.39, 0.29) is 5.82 Å². The zero-order chi connectivity index (χ0) is 15.4. The molecule has 21 heavy (non-hydrogen) atoms. The van der Waals surface area contributed by atoms with Crippen molar-refractivity contribution in [2.75, 3.05) is 19.0 Å². The summed E-state index contributed by atoms with van der Waals surface area (Å²) in [5.41, 5.74) is 2.59. The second kappa shape index (κ2) is 7.09. The Hall–Kier alpha value is -1.34. The van der Waals surface area contributed by atoms with Gasteiger partial charge >= 0.3 is 0 Å². The Kier molecular flexibility index (Phi) is 5.41. The molecule has 0 fully saturated rings. The van der Waals surface area contributed by atoms with Gasteiger partial charge in [0.1, 0.15) is 11.6 Å². The van der Waals surface area contributed by atoms with Crippen molar-refractivity contribution in [1.82, 2.24) is 0 Å². The maximum Gasteiger partial charge on any atom is 0.124 e. The number of aliphatic hydroxyl groups is 1. The molecule has 0 aliphatic carbocycles. The number of aliphatic hydroxyl groups excluding tert-OH is 1. The van der Waals surface area contributed by atoms with E-state index >= 15 is 0 Å². The molecule has 0 amide bonds. The van der Waals surface area contributed by atoms with Gasteiger partial charge in [0.15, 0.2) is 0 Å². The van der Waals surface area contributed by atoms with Crippen LogP contribution in [0.1, 0.15) is 17.2 Å². The van der Waals surface area contributed by atoms with E-state index < -0.39 is 6.10 Å². The Bertz CT molecular complexity index is 634. The SMILES string of the molecule is COc1ccc(C)cc1C(O)CNc1ccc(F)cc1I. The lowest BCUT2D eigenvalue weighted by molar-refractivity contribution is 0.187. The molecule has 0 heterocycles. The van der Waals surface area contributed by atoms with Crippen LogP contribution >= 0.6 is 22.6 Å². The van der Waals surface area contributed by atoms with Gasteiger partial charge in [-0.15, -0.1) is 0 Å². The maximum atomic E-state index is 13.1. The number of rotatable bonds is 5. The number of anilines is 1. The molecule has 112 valence electrons. The van der Waals surface area contributed by atoms with Crippen LogP contribution in [0.5, 0.6) is 5.75 Å². The van der Waals surface area contributed by atoms with Gasteiger partial charge in [-0.25, -0.2) is 4.39 Å². The molecule has 2 N–H and O–H groups in total. The van der Waals surface area contributed by atoms with Crippen molar-refractivity contribution in [3.05, 3.63) is 56.9 Å². The van der Waals surface area contributed by atoms with Crippen LogP contribution in [0.15, 0.2) is 36.4 Å². The lowest BCUT2D eigenvalue weighted by Gasteiger charge is -2.17. The summed E-state index contributed by atoms with van der Waals surface area (Å²) >= 11 is 2.06. The number of hydrogen-bond acceptors (Lipinski definition) is 3. The average molecular weight is 401 g/mol. The van der Waals surface area contributed by atoms with E-state index in [2.05, 4.69) is 27.9 Å². The third-order valence-electron chi connectivity index (χ3n) is 3.16. The monoisotopic (exact) mass is 401 g/mol. The topological polar surface area (TPSA) is 41.5 Å². The number of hydrogen-bond donors (Lipinski definition) is 2. The number of benzene rings is 2. The minimum absolute atomic E-state index is 0.272. The van der Waals surface area contributed by atoms with Gasteiger partial charge in [-0.2, -0.15) is 0 Å².